The number of carbonyl (C=O) groups is 2. The topological polar surface area (TPSA) is 83.1 Å². The lowest BCUT2D eigenvalue weighted by atomic mass is 10.1. The van der Waals surface area contributed by atoms with Crippen molar-refractivity contribution in [1.29, 1.82) is 0 Å². The van der Waals surface area contributed by atoms with Crippen LogP contribution in [0.25, 0.3) is 0 Å². The molecule has 1 aromatic heterocycles. The third-order valence-corrected chi connectivity index (χ3v) is 3.16. The maximum atomic E-state index is 12.3. The lowest BCUT2D eigenvalue weighted by Gasteiger charge is -2.09. The van der Waals surface area contributed by atoms with Gasteiger partial charge in [0.15, 0.2) is 0 Å². The van der Waals surface area contributed by atoms with Gasteiger partial charge >= 0.3 is 6.03 Å². The molecule has 1 aromatic carbocycles. The first-order valence-electron chi connectivity index (χ1n) is 6.97. The van der Waals surface area contributed by atoms with Gasteiger partial charge in [-0.2, -0.15) is 0 Å². The Hall–Kier alpha value is -2.89. The molecular formula is C16H18N4O2. The summed E-state index contributed by atoms with van der Waals surface area (Å²) in [6.07, 6.45) is 4.04. The van der Waals surface area contributed by atoms with Crippen molar-refractivity contribution in [2.45, 2.75) is 13.3 Å². The van der Waals surface area contributed by atoms with Gasteiger partial charge in [-0.3, -0.25) is 9.78 Å². The molecule has 2 rings (SSSR count). The summed E-state index contributed by atoms with van der Waals surface area (Å²) in [4.78, 5) is 27.5. The maximum absolute atomic E-state index is 12.3. The van der Waals surface area contributed by atoms with Gasteiger partial charge in [0.2, 0.25) is 0 Å². The first-order valence-corrected chi connectivity index (χ1v) is 6.97. The Morgan fingerprint density at radius 2 is 1.68 bits per heavy atom. The minimum absolute atomic E-state index is 0.175. The van der Waals surface area contributed by atoms with Gasteiger partial charge in [0, 0.05) is 36.4 Å². The van der Waals surface area contributed by atoms with Crippen molar-refractivity contribution in [3.8, 4) is 0 Å². The smallest absolute Gasteiger partial charge is 0.318 e. The van der Waals surface area contributed by atoms with Crippen molar-refractivity contribution >= 4 is 23.3 Å². The van der Waals surface area contributed by atoms with Crippen molar-refractivity contribution in [3.63, 3.8) is 0 Å². The standard InChI is InChI=1S/C16H18N4O2/c1-3-11-10-18-9-8-14(11)15(21)19-12-4-6-13(7-5-12)20-16(22)17-2/h4-10H,3H2,1-2H3,(H,19,21)(H2,17,20,22). The van der Waals surface area contributed by atoms with Crippen LogP contribution in [0.3, 0.4) is 0 Å². The third kappa shape index (κ3) is 3.82. The number of urea groups is 1. The van der Waals surface area contributed by atoms with E-state index < -0.39 is 0 Å². The summed E-state index contributed by atoms with van der Waals surface area (Å²) in [5.74, 6) is -0.175. The molecule has 0 unspecified atom stereocenters. The Morgan fingerprint density at radius 1 is 1.05 bits per heavy atom. The van der Waals surface area contributed by atoms with Crippen LogP contribution in [0.4, 0.5) is 16.2 Å². The molecule has 3 amide bonds. The Morgan fingerprint density at radius 3 is 2.27 bits per heavy atom. The SMILES string of the molecule is CCc1cnccc1C(=O)Nc1ccc(NC(=O)NC)cc1. The molecule has 0 spiro atoms. The second-order valence-electron chi connectivity index (χ2n) is 4.62. The van der Waals surface area contributed by atoms with Gasteiger partial charge in [-0.15, -0.1) is 0 Å². The number of amides is 3. The molecule has 0 aliphatic rings. The van der Waals surface area contributed by atoms with E-state index in [0.29, 0.717) is 16.9 Å². The summed E-state index contributed by atoms with van der Waals surface area (Å²) >= 11 is 0. The van der Waals surface area contributed by atoms with Crippen LogP contribution in [0.5, 0.6) is 0 Å². The van der Waals surface area contributed by atoms with Gasteiger partial charge in [0.25, 0.3) is 5.91 Å². The molecule has 6 nitrogen and oxygen atoms in total. The van der Waals surface area contributed by atoms with Crippen molar-refractivity contribution in [3.05, 3.63) is 53.9 Å². The summed E-state index contributed by atoms with van der Waals surface area (Å²) in [6, 6.07) is 8.32. The molecule has 0 aliphatic heterocycles. The zero-order valence-corrected chi connectivity index (χ0v) is 12.5. The number of aromatic nitrogens is 1. The highest BCUT2D eigenvalue weighted by molar-refractivity contribution is 6.05. The molecule has 0 saturated carbocycles. The van der Waals surface area contributed by atoms with Crippen LogP contribution in [0, 0.1) is 0 Å². The monoisotopic (exact) mass is 298 g/mol. The van der Waals surface area contributed by atoms with Gasteiger partial charge in [-0.05, 0) is 42.3 Å². The third-order valence-electron chi connectivity index (χ3n) is 3.16. The zero-order valence-electron chi connectivity index (χ0n) is 12.5. The maximum Gasteiger partial charge on any atom is 0.318 e. The van der Waals surface area contributed by atoms with E-state index in [-0.39, 0.29) is 11.9 Å². The van der Waals surface area contributed by atoms with Crippen LogP contribution in [-0.2, 0) is 6.42 Å². The van der Waals surface area contributed by atoms with Crippen LogP contribution in [-0.4, -0.2) is 24.0 Å². The quantitative estimate of drug-likeness (QED) is 0.811. The molecule has 22 heavy (non-hydrogen) atoms. The summed E-state index contributed by atoms with van der Waals surface area (Å²) in [6.45, 7) is 1.98. The summed E-state index contributed by atoms with van der Waals surface area (Å²) in [5.41, 5.74) is 2.82. The second kappa shape index (κ2) is 7.21. The fourth-order valence-corrected chi connectivity index (χ4v) is 1.96. The average Bonchev–Trinajstić information content (AvgIpc) is 2.56. The molecule has 1 heterocycles. The number of rotatable bonds is 4. The van der Waals surface area contributed by atoms with Gasteiger partial charge in [0.1, 0.15) is 0 Å². The number of hydrogen-bond acceptors (Lipinski definition) is 3. The van der Waals surface area contributed by atoms with Crippen LogP contribution in [0.2, 0.25) is 0 Å². The molecule has 2 aromatic rings. The number of pyridine rings is 1. The number of benzene rings is 1. The van der Waals surface area contributed by atoms with Crippen molar-refractivity contribution in [2.75, 3.05) is 17.7 Å². The molecule has 114 valence electrons. The second-order valence-corrected chi connectivity index (χ2v) is 4.62. The average molecular weight is 298 g/mol. The Bertz CT molecular complexity index is 668. The number of nitrogens with one attached hydrogen (secondary N) is 3. The van der Waals surface area contributed by atoms with E-state index in [9.17, 15) is 9.59 Å². The normalized spacial score (nSPS) is 9.91. The van der Waals surface area contributed by atoms with Crippen LogP contribution in [0.15, 0.2) is 42.7 Å². The summed E-state index contributed by atoms with van der Waals surface area (Å²) in [7, 11) is 1.55. The fraction of sp³-hybridized carbons (Fsp3) is 0.188. The first-order chi connectivity index (χ1) is 10.6. The lowest BCUT2D eigenvalue weighted by Crippen LogP contribution is -2.24. The molecule has 3 N–H and O–H groups in total. The molecule has 6 heteroatoms. The van der Waals surface area contributed by atoms with E-state index in [2.05, 4.69) is 20.9 Å². The Kier molecular flexibility index (Phi) is 5.08. The Labute approximate surface area is 129 Å². The fourth-order valence-electron chi connectivity index (χ4n) is 1.96. The number of carbonyl (C=O) groups excluding carboxylic acids is 2. The zero-order chi connectivity index (χ0) is 15.9. The van der Waals surface area contributed by atoms with Gasteiger partial charge in [0.05, 0.1) is 0 Å². The van der Waals surface area contributed by atoms with E-state index in [1.807, 2.05) is 6.92 Å². The highest BCUT2D eigenvalue weighted by Crippen LogP contribution is 2.16. The van der Waals surface area contributed by atoms with Crippen LogP contribution >= 0.6 is 0 Å². The largest absolute Gasteiger partial charge is 0.341 e. The number of nitrogens with zero attached hydrogens (tertiary/aromatic N) is 1. The molecule has 0 fully saturated rings. The number of aryl methyl sites for hydroxylation is 1. The van der Waals surface area contributed by atoms with E-state index in [0.717, 1.165) is 12.0 Å². The van der Waals surface area contributed by atoms with Crippen molar-refractivity contribution < 1.29 is 9.59 Å². The minimum Gasteiger partial charge on any atom is -0.341 e. The van der Waals surface area contributed by atoms with Crippen molar-refractivity contribution in [1.82, 2.24) is 10.3 Å². The van der Waals surface area contributed by atoms with Crippen LogP contribution < -0.4 is 16.0 Å². The summed E-state index contributed by atoms with van der Waals surface area (Å²) in [5, 5.41) is 7.95. The predicted octanol–water partition coefficient (Wildman–Crippen LogP) is 2.65. The molecular weight excluding hydrogens is 280 g/mol. The highest BCUT2D eigenvalue weighted by Gasteiger charge is 2.10. The van der Waals surface area contributed by atoms with Crippen LogP contribution in [0.1, 0.15) is 22.8 Å². The molecule has 0 aliphatic carbocycles. The molecule has 0 radical (unpaired) electrons. The Balaban J connectivity index is 2.07. The van der Waals surface area contributed by atoms with E-state index >= 15 is 0 Å². The summed E-state index contributed by atoms with van der Waals surface area (Å²) < 4.78 is 0. The first kappa shape index (κ1) is 15.5. The van der Waals surface area contributed by atoms with E-state index in [1.54, 1.807) is 49.8 Å². The lowest BCUT2D eigenvalue weighted by molar-refractivity contribution is 0.102. The van der Waals surface area contributed by atoms with Gasteiger partial charge in [-0.25, -0.2) is 4.79 Å². The highest BCUT2D eigenvalue weighted by atomic mass is 16.2. The van der Waals surface area contributed by atoms with E-state index in [1.165, 1.54) is 0 Å². The minimum atomic E-state index is -0.291. The van der Waals surface area contributed by atoms with Gasteiger partial charge in [-0.1, -0.05) is 6.92 Å². The number of hydrogen-bond donors (Lipinski definition) is 3. The van der Waals surface area contributed by atoms with Gasteiger partial charge < -0.3 is 16.0 Å². The number of anilines is 2. The molecule has 0 saturated heterocycles. The molecule has 0 bridgehead atoms. The molecule has 0 atom stereocenters. The predicted molar refractivity (Wildman–Crippen MR) is 86.1 cm³/mol. The van der Waals surface area contributed by atoms with E-state index in [4.69, 9.17) is 0 Å². The van der Waals surface area contributed by atoms with Crippen molar-refractivity contribution in [2.24, 2.45) is 0 Å².